The van der Waals surface area contributed by atoms with E-state index in [1.54, 1.807) is 30.4 Å². The van der Waals surface area contributed by atoms with E-state index in [1.165, 1.54) is 25.1 Å². The molecule has 0 unspecified atom stereocenters. The molecular formula is C19H13ClN2O4. The molecule has 3 rings (SSSR count). The number of halogens is 1. The van der Waals surface area contributed by atoms with E-state index in [4.69, 9.17) is 16.3 Å². The second kappa shape index (κ2) is 7.33. The largest absolute Gasteiger partial charge is 0.424 e. The number of esters is 1. The molecule has 6 nitrogen and oxygen atoms in total. The van der Waals surface area contributed by atoms with Crippen LogP contribution in [0.4, 0.5) is 5.69 Å². The maximum atomic E-state index is 11.2. The Morgan fingerprint density at radius 2 is 2.00 bits per heavy atom. The molecule has 130 valence electrons. The van der Waals surface area contributed by atoms with Gasteiger partial charge in [-0.1, -0.05) is 35.9 Å². The minimum absolute atomic E-state index is 0.0438. The molecule has 0 saturated carbocycles. The Morgan fingerprint density at radius 1 is 1.19 bits per heavy atom. The molecule has 1 heterocycles. The van der Waals surface area contributed by atoms with Crippen LogP contribution in [0.1, 0.15) is 18.2 Å². The van der Waals surface area contributed by atoms with E-state index in [0.717, 1.165) is 5.39 Å². The summed E-state index contributed by atoms with van der Waals surface area (Å²) in [6, 6.07) is 13.2. The molecule has 0 aliphatic carbocycles. The number of carbonyl (C=O) groups excluding carboxylic acids is 1. The molecule has 2 aromatic carbocycles. The minimum Gasteiger partial charge on any atom is -0.424 e. The third-order valence-electron chi connectivity index (χ3n) is 3.58. The van der Waals surface area contributed by atoms with Gasteiger partial charge < -0.3 is 4.74 Å². The zero-order chi connectivity index (χ0) is 18.7. The number of fused-ring (bicyclic) bond motifs is 1. The van der Waals surface area contributed by atoms with Gasteiger partial charge in [-0.3, -0.25) is 14.9 Å². The van der Waals surface area contributed by atoms with Gasteiger partial charge in [0.05, 0.1) is 10.6 Å². The number of carbonyl (C=O) groups is 1. The summed E-state index contributed by atoms with van der Waals surface area (Å²) in [5.74, 6) is -0.0535. The molecule has 0 atom stereocenters. The highest BCUT2D eigenvalue weighted by Crippen LogP contribution is 2.26. The Balaban J connectivity index is 1.99. The van der Waals surface area contributed by atoms with Gasteiger partial charge in [-0.05, 0) is 29.8 Å². The van der Waals surface area contributed by atoms with Crippen LogP contribution in [-0.4, -0.2) is 15.9 Å². The summed E-state index contributed by atoms with van der Waals surface area (Å²) in [6.45, 7) is 1.33. The molecule has 0 bridgehead atoms. The fraction of sp³-hybridized carbons (Fsp3) is 0.0526. The quantitative estimate of drug-likeness (QED) is 0.283. The van der Waals surface area contributed by atoms with E-state index in [0.29, 0.717) is 27.5 Å². The Morgan fingerprint density at radius 3 is 2.73 bits per heavy atom. The Hall–Kier alpha value is -3.25. The number of para-hydroxylation sites is 1. The molecule has 0 amide bonds. The number of pyridine rings is 1. The Bertz CT molecular complexity index is 1050. The number of hydrogen-bond acceptors (Lipinski definition) is 5. The van der Waals surface area contributed by atoms with Gasteiger partial charge in [0.2, 0.25) is 0 Å². The molecule has 0 aliphatic rings. The highest BCUT2D eigenvalue weighted by molar-refractivity contribution is 6.32. The number of ether oxygens (including phenoxy) is 1. The molecule has 0 fully saturated rings. The van der Waals surface area contributed by atoms with Gasteiger partial charge in [0.1, 0.15) is 5.52 Å². The van der Waals surface area contributed by atoms with Crippen LogP contribution in [0, 0.1) is 10.1 Å². The van der Waals surface area contributed by atoms with Gasteiger partial charge in [-0.25, -0.2) is 4.98 Å². The lowest BCUT2D eigenvalue weighted by Crippen LogP contribution is -2.02. The highest BCUT2D eigenvalue weighted by atomic mass is 35.5. The molecule has 26 heavy (non-hydrogen) atoms. The highest BCUT2D eigenvalue weighted by Gasteiger charge is 2.09. The standard InChI is InChI=1S/C19H13ClN2O4/c1-12(23)26-18-4-2-3-13-5-7-15(21-19(13)18)8-6-14-11-16(22(24)25)9-10-17(14)20/h2-11H,1H3. The average Bonchev–Trinajstić information content (AvgIpc) is 2.60. The van der Waals surface area contributed by atoms with E-state index in [-0.39, 0.29) is 5.69 Å². The molecule has 0 N–H and O–H groups in total. The van der Waals surface area contributed by atoms with Crippen LogP contribution in [0.25, 0.3) is 23.1 Å². The van der Waals surface area contributed by atoms with Crippen molar-refractivity contribution in [2.45, 2.75) is 6.92 Å². The van der Waals surface area contributed by atoms with Crippen LogP contribution in [0.15, 0.2) is 48.5 Å². The summed E-state index contributed by atoms with van der Waals surface area (Å²) in [4.78, 5) is 26.1. The monoisotopic (exact) mass is 368 g/mol. The number of non-ortho nitro benzene ring substituents is 1. The van der Waals surface area contributed by atoms with Crippen molar-refractivity contribution < 1.29 is 14.5 Å². The summed E-state index contributed by atoms with van der Waals surface area (Å²) in [7, 11) is 0. The fourth-order valence-electron chi connectivity index (χ4n) is 2.41. The number of nitro benzene ring substituents is 1. The smallest absolute Gasteiger partial charge is 0.308 e. The van der Waals surface area contributed by atoms with Crippen LogP contribution in [0.2, 0.25) is 5.02 Å². The van der Waals surface area contributed by atoms with E-state index in [1.807, 2.05) is 12.1 Å². The van der Waals surface area contributed by atoms with Gasteiger partial charge in [0, 0.05) is 29.5 Å². The summed E-state index contributed by atoms with van der Waals surface area (Å²) in [5.41, 5.74) is 1.61. The van der Waals surface area contributed by atoms with Crippen LogP contribution < -0.4 is 4.74 Å². The van der Waals surface area contributed by atoms with E-state index < -0.39 is 10.9 Å². The molecule has 3 aromatic rings. The molecule has 0 spiro atoms. The number of nitro groups is 1. The molecule has 1 aromatic heterocycles. The lowest BCUT2D eigenvalue weighted by atomic mass is 10.1. The molecule has 0 saturated heterocycles. The van der Waals surface area contributed by atoms with Crippen molar-refractivity contribution in [2.75, 3.05) is 0 Å². The Labute approximate surface area is 153 Å². The van der Waals surface area contributed by atoms with Crippen LogP contribution in [0.3, 0.4) is 0 Å². The maximum absolute atomic E-state index is 11.2. The lowest BCUT2D eigenvalue weighted by molar-refractivity contribution is -0.384. The van der Waals surface area contributed by atoms with E-state index in [2.05, 4.69) is 4.98 Å². The normalized spacial score (nSPS) is 11.0. The van der Waals surface area contributed by atoms with Crippen molar-refractivity contribution >= 4 is 46.3 Å². The predicted molar refractivity (Wildman–Crippen MR) is 100 cm³/mol. The van der Waals surface area contributed by atoms with Crippen molar-refractivity contribution in [3.05, 3.63) is 74.9 Å². The van der Waals surface area contributed by atoms with Crippen molar-refractivity contribution in [1.29, 1.82) is 0 Å². The second-order valence-corrected chi connectivity index (χ2v) is 5.86. The van der Waals surface area contributed by atoms with Gasteiger partial charge in [-0.15, -0.1) is 0 Å². The molecule has 0 radical (unpaired) electrons. The van der Waals surface area contributed by atoms with Gasteiger partial charge in [0.15, 0.2) is 5.75 Å². The van der Waals surface area contributed by atoms with Crippen molar-refractivity contribution in [3.8, 4) is 5.75 Å². The zero-order valence-corrected chi connectivity index (χ0v) is 14.4. The predicted octanol–water partition coefficient (Wildman–Crippen LogP) is 4.89. The second-order valence-electron chi connectivity index (χ2n) is 5.45. The maximum Gasteiger partial charge on any atom is 0.308 e. The van der Waals surface area contributed by atoms with Crippen LogP contribution >= 0.6 is 11.6 Å². The third-order valence-corrected chi connectivity index (χ3v) is 3.93. The van der Waals surface area contributed by atoms with E-state index >= 15 is 0 Å². The number of aromatic nitrogens is 1. The lowest BCUT2D eigenvalue weighted by Gasteiger charge is -2.06. The van der Waals surface area contributed by atoms with Crippen molar-refractivity contribution in [1.82, 2.24) is 4.98 Å². The number of nitrogens with zero attached hydrogens (tertiary/aromatic N) is 2. The number of benzene rings is 2. The average molecular weight is 369 g/mol. The first-order chi connectivity index (χ1) is 12.4. The third kappa shape index (κ3) is 3.87. The first-order valence-electron chi connectivity index (χ1n) is 7.64. The zero-order valence-electron chi connectivity index (χ0n) is 13.7. The molecule has 0 aliphatic heterocycles. The Kier molecular flexibility index (Phi) is 4.95. The fourth-order valence-corrected chi connectivity index (χ4v) is 2.59. The minimum atomic E-state index is -0.479. The SMILES string of the molecule is CC(=O)Oc1cccc2ccc(C=Cc3cc([N+](=O)[O-])ccc3Cl)nc12. The summed E-state index contributed by atoms with van der Waals surface area (Å²) < 4.78 is 5.18. The number of rotatable bonds is 4. The van der Waals surface area contributed by atoms with Gasteiger partial charge in [-0.2, -0.15) is 0 Å². The molecular weight excluding hydrogens is 356 g/mol. The van der Waals surface area contributed by atoms with Crippen LogP contribution in [0.5, 0.6) is 5.75 Å². The van der Waals surface area contributed by atoms with Gasteiger partial charge >= 0.3 is 5.97 Å². The van der Waals surface area contributed by atoms with Crippen LogP contribution in [-0.2, 0) is 4.79 Å². The van der Waals surface area contributed by atoms with Crippen molar-refractivity contribution in [3.63, 3.8) is 0 Å². The first-order valence-corrected chi connectivity index (χ1v) is 8.02. The molecule has 7 heteroatoms. The first kappa shape index (κ1) is 17.6. The summed E-state index contributed by atoms with van der Waals surface area (Å²) >= 11 is 6.09. The van der Waals surface area contributed by atoms with Crippen molar-refractivity contribution in [2.24, 2.45) is 0 Å². The number of hydrogen-bond donors (Lipinski definition) is 0. The topological polar surface area (TPSA) is 82.3 Å². The summed E-state index contributed by atoms with van der Waals surface area (Å²) in [6.07, 6.45) is 3.34. The van der Waals surface area contributed by atoms with E-state index in [9.17, 15) is 14.9 Å². The summed E-state index contributed by atoms with van der Waals surface area (Å²) in [5, 5.41) is 12.1. The van der Waals surface area contributed by atoms with Gasteiger partial charge in [0.25, 0.3) is 5.69 Å².